The lowest BCUT2D eigenvalue weighted by molar-refractivity contribution is -0.137. The monoisotopic (exact) mass is 524 g/mol. The molecule has 0 atom stereocenters. The van der Waals surface area contributed by atoms with Gasteiger partial charge in [-0.1, -0.05) is 12.1 Å². The number of alkyl halides is 3. The maximum atomic E-state index is 13.7. The van der Waals surface area contributed by atoms with Crippen LogP contribution in [0.2, 0.25) is 0 Å². The van der Waals surface area contributed by atoms with E-state index >= 15 is 0 Å². The number of benzene rings is 3. The number of carbonyl (C=O) groups is 2. The molecule has 1 heterocycles. The van der Waals surface area contributed by atoms with E-state index in [1.54, 1.807) is 36.4 Å². The van der Waals surface area contributed by atoms with Crippen LogP contribution in [0.4, 0.5) is 46.4 Å². The highest BCUT2D eigenvalue weighted by atomic mass is 19.4. The molecular weight excluding hydrogens is 504 g/mol. The quantitative estimate of drug-likeness (QED) is 0.230. The van der Waals surface area contributed by atoms with Gasteiger partial charge in [-0.15, -0.1) is 0 Å². The number of aromatic nitrogens is 2. The van der Waals surface area contributed by atoms with Crippen LogP contribution >= 0.6 is 0 Å². The van der Waals surface area contributed by atoms with Crippen molar-refractivity contribution >= 4 is 40.6 Å². The Morgan fingerprint density at radius 2 is 1.47 bits per heavy atom. The molecular formula is C26H20F4N6O2. The van der Waals surface area contributed by atoms with Crippen LogP contribution in [0.1, 0.15) is 26.3 Å². The zero-order valence-electron chi connectivity index (χ0n) is 19.7. The van der Waals surface area contributed by atoms with Crippen LogP contribution in [-0.4, -0.2) is 28.8 Å². The highest BCUT2D eigenvalue weighted by molar-refractivity contribution is 6.04. The van der Waals surface area contributed by atoms with E-state index in [2.05, 4.69) is 31.2 Å². The lowest BCUT2D eigenvalue weighted by Gasteiger charge is -2.16. The molecule has 1 aromatic heterocycles. The summed E-state index contributed by atoms with van der Waals surface area (Å²) in [5.74, 6) is -2.07. The smallest absolute Gasteiger partial charge is 0.355 e. The third kappa shape index (κ3) is 6.22. The zero-order chi connectivity index (χ0) is 27.3. The summed E-state index contributed by atoms with van der Waals surface area (Å²) < 4.78 is 54.0. The Balaban J connectivity index is 1.54. The average molecular weight is 524 g/mol. The van der Waals surface area contributed by atoms with Gasteiger partial charge in [-0.25, -0.2) is 9.37 Å². The fraction of sp³-hybridized carbons (Fsp3) is 0.0769. The fourth-order valence-corrected chi connectivity index (χ4v) is 3.37. The first-order valence-electron chi connectivity index (χ1n) is 11.1. The van der Waals surface area contributed by atoms with Crippen molar-refractivity contribution in [3.05, 3.63) is 102 Å². The first-order valence-corrected chi connectivity index (χ1v) is 11.1. The van der Waals surface area contributed by atoms with Gasteiger partial charge < -0.3 is 21.3 Å². The summed E-state index contributed by atoms with van der Waals surface area (Å²) in [7, 11) is 1.41. The molecule has 2 amide bonds. The van der Waals surface area contributed by atoms with Crippen LogP contribution in [0.15, 0.2) is 79.0 Å². The molecule has 3 aromatic carbocycles. The molecule has 4 N–H and O–H groups in total. The molecule has 0 bridgehead atoms. The van der Waals surface area contributed by atoms with Gasteiger partial charge in [0.15, 0.2) is 0 Å². The Morgan fingerprint density at radius 3 is 2.13 bits per heavy atom. The number of nitrogens with one attached hydrogen (secondary N) is 4. The molecule has 0 fully saturated rings. The van der Waals surface area contributed by atoms with Crippen molar-refractivity contribution in [3.63, 3.8) is 0 Å². The highest BCUT2D eigenvalue weighted by Gasteiger charge is 2.35. The summed E-state index contributed by atoms with van der Waals surface area (Å²) in [5, 5.41) is 10.5. The maximum Gasteiger partial charge on any atom is 0.421 e. The third-order valence-electron chi connectivity index (χ3n) is 5.25. The van der Waals surface area contributed by atoms with Gasteiger partial charge in [-0.05, 0) is 60.7 Å². The predicted molar refractivity (Wildman–Crippen MR) is 134 cm³/mol. The topological polar surface area (TPSA) is 108 Å². The second kappa shape index (κ2) is 10.9. The van der Waals surface area contributed by atoms with Gasteiger partial charge in [-0.3, -0.25) is 9.59 Å². The van der Waals surface area contributed by atoms with Crippen LogP contribution in [-0.2, 0) is 6.18 Å². The first kappa shape index (κ1) is 26.1. The minimum Gasteiger partial charge on any atom is -0.355 e. The summed E-state index contributed by atoms with van der Waals surface area (Å²) in [6, 6.07) is 17.4. The molecule has 194 valence electrons. The normalized spacial score (nSPS) is 11.0. The number of para-hydroxylation sites is 1. The minimum atomic E-state index is -4.76. The number of anilines is 5. The van der Waals surface area contributed by atoms with Crippen LogP contribution in [0.25, 0.3) is 0 Å². The van der Waals surface area contributed by atoms with Crippen molar-refractivity contribution in [3.8, 4) is 0 Å². The molecule has 0 aliphatic heterocycles. The molecule has 8 nitrogen and oxygen atoms in total. The Labute approximate surface area is 214 Å². The molecule has 0 saturated heterocycles. The molecule has 0 spiro atoms. The molecule has 0 saturated carbocycles. The number of hydrogen-bond donors (Lipinski definition) is 4. The number of rotatable bonds is 7. The van der Waals surface area contributed by atoms with E-state index in [0.717, 1.165) is 0 Å². The van der Waals surface area contributed by atoms with E-state index in [9.17, 15) is 27.2 Å². The highest BCUT2D eigenvalue weighted by Crippen LogP contribution is 2.36. The second-order valence-electron chi connectivity index (χ2n) is 7.87. The SMILES string of the molecule is CNC(=O)c1ccccc1Nc1nc(Nc2ccc(NC(=O)c3ccc(F)cc3)cc2)ncc1C(F)(F)F. The van der Waals surface area contributed by atoms with Crippen molar-refractivity contribution in [2.24, 2.45) is 0 Å². The van der Waals surface area contributed by atoms with Crippen LogP contribution in [0.5, 0.6) is 0 Å². The summed E-state index contributed by atoms with van der Waals surface area (Å²) in [5.41, 5.74) is 0.281. The summed E-state index contributed by atoms with van der Waals surface area (Å²) in [6.07, 6.45) is -4.12. The summed E-state index contributed by atoms with van der Waals surface area (Å²) in [6.45, 7) is 0. The number of halogens is 4. The Kier molecular flexibility index (Phi) is 7.51. The molecule has 38 heavy (non-hydrogen) atoms. The molecule has 4 aromatic rings. The van der Waals surface area contributed by atoms with Crippen molar-refractivity contribution in [2.45, 2.75) is 6.18 Å². The number of hydrogen-bond acceptors (Lipinski definition) is 6. The molecule has 0 aliphatic rings. The van der Waals surface area contributed by atoms with E-state index in [0.29, 0.717) is 17.6 Å². The van der Waals surface area contributed by atoms with Crippen molar-refractivity contribution in [1.29, 1.82) is 0 Å². The van der Waals surface area contributed by atoms with E-state index in [1.807, 2.05) is 0 Å². The number of nitrogens with zero attached hydrogens (tertiary/aromatic N) is 2. The summed E-state index contributed by atoms with van der Waals surface area (Å²) >= 11 is 0. The molecule has 0 radical (unpaired) electrons. The molecule has 0 aliphatic carbocycles. The average Bonchev–Trinajstić information content (AvgIpc) is 2.89. The lowest BCUT2D eigenvalue weighted by atomic mass is 10.1. The van der Waals surface area contributed by atoms with Crippen molar-refractivity contribution < 1.29 is 27.2 Å². The third-order valence-corrected chi connectivity index (χ3v) is 5.25. The van der Waals surface area contributed by atoms with Gasteiger partial charge in [-0.2, -0.15) is 18.2 Å². The van der Waals surface area contributed by atoms with E-state index in [1.165, 1.54) is 43.4 Å². The zero-order valence-corrected chi connectivity index (χ0v) is 19.7. The molecule has 0 unspecified atom stereocenters. The Hall–Kier alpha value is -5.00. The number of amides is 2. The fourth-order valence-electron chi connectivity index (χ4n) is 3.37. The Bertz CT molecular complexity index is 1460. The maximum absolute atomic E-state index is 13.7. The van der Waals surface area contributed by atoms with Crippen LogP contribution < -0.4 is 21.3 Å². The number of carbonyl (C=O) groups excluding carboxylic acids is 2. The van der Waals surface area contributed by atoms with Crippen molar-refractivity contribution in [2.75, 3.05) is 23.0 Å². The largest absolute Gasteiger partial charge is 0.421 e. The van der Waals surface area contributed by atoms with E-state index in [-0.39, 0.29) is 22.8 Å². The first-order chi connectivity index (χ1) is 18.1. The predicted octanol–water partition coefficient (Wildman–Crippen LogP) is 5.73. The van der Waals surface area contributed by atoms with Gasteiger partial charge in [0, 0.05) is 30.2 Å². The van der Waals surface area contributed by atoms with Gasteiger partial charge in [0.05, 0.1) is 11.3 Å². The van der Waals surface area contributed by atoms with E-state index in [4.69, 9.17) is 0 Å². The molecule has 4 rings (SSSR count). The standard InChI is InChI=1S/C26H20F4N6O2/c1-31-24(38)19-4-2-3-5-21(19)35-22-20(26(28,29)30)14-32-25(36-22)34-18-12-10-17(11-13-18)33-23(37)15-6-8-16(27)9-7-15/h2-14H,1H3,(H,31,38)(H,33,37)(H2,32,34,35,36). The summed E-state index contributed by atoms with van der Waals surface area (Å²) in [4.78, 5) is 32.2. The van der Waals surface area contributed by atoms with Gasteiger partial charge in [0.2, 0.25) is 5.95 Å². The minimum absolute atomic E-state index is 0.128. The van der Waals surface area contributed by atoms with Gasteiger partial charge in [0.1, 0.15) is 17.2 Å². The Morgan fingerprint density at radius 1 is 0.816 bits per heavy atom. The lowest BCUT2D eigenvalue weighted by Crippen LogP contribution is -2.20. The van der Waals surface area contributed by atoms with Gasteiger partial charge in [0.25, 0.3) is 11.8 Å². The van der Waals surface area contributed by atoms with E-state index < -0.39 is 35.2 Å². The molecule has 12 heteroatoms. The van der Waals surface area contributed by atoms with Crippen LogP contribution in [0.3, 0.4) is 0 Å². The van der Waals surface area contributed by atoms with Crippen molar-refractivity contribution in [1.82, 2.24) is 15.3 Å². The van der Waals surface area contributed by atoms with Crippen LogP contribution in [0, 0.1) is 5.82 Å². The second-order valence-corrected chi connectivity index (χ2v) is 7.87. The van der Waals surface area contributed by atoms with Gasteiger partial charge >= 0.3 is 6.18 Å².